The molecule has 2 unspecified atom stereocenters. The van der Waals surface area contributed by atoms with Crippen LogP contribution in [0.3, 0.4) is 0 Å². The summed E-state index contributed by atoms with van der Waals surface area (Å²) < 4.78 is 0. The second kappa shape index (κ2) is 5.93. The van der Waals surface area contributed by atoms with E-state index < -0.39 is 17.6 Å². The zero-order valence-electron chi connectivity index (χ0n) is 12.2. The Kier molecular flexibility index (Phi) is 4.64. The number of aliphatic carboxylic acids is 1. The van der Waals surface area contributed by atoms with Crippen molar-refractivity contribution in [2.75, 3.05) is 5.75 Å². The van der Waals surface area contributed by atoms with Gasteiger partial charge in [-0.1, -0.05) is 33.1 Å². The summed E-state index contributed by atoms with van der Waals surface area (Å²) in [6.45, 7) is 4.04. The lowest BCUT2D eigenvalue weighted by atomic mass is 9.81. The summed E-state index contributed by atoms with van der Waals surface area (Å²) in [4.78, 5) is 25.9. The van der Waals surface area contributed by atoms with E-state index in [0.29, 0.717) is 18.6 Å². The van der Waals surface area contributed by atoms with Crippen LogP contribution < -0.4 is 5.73 Å². The molecule has 1 aliphatic heterocycles. The molecule has 5 nitrogen and oxygen atoms in total. The molecule has 0 aromatic carbocycles. The van der Waals surface area contributed by atoms with Gasteiger partial charge in [-0.15, -0.1) is 11.8 Å². The molecule has 0 spiro atoms. The third-order valence-corrected chi connectivity index (χ3v) is 5.92. The van der Waals surface area contributed by atoms with E-state index in [-0.39, 0.29) is 17.2 Å². The Balaban J connectivity index is 2.24. The van der Waals surface area contributed by atoms with E-state index >= 15 is 0 Å². The third-order valence-electron chi connectivity index (χ3n) is 4.30. The minimum Gasteiger partial charge on any atom is -0.480 e. The van der Waals surface area contributed by atoms with Crippen LogP contribution in [-0.2, 0) is 9.59 Å². The summed E-state index contributed by atoms with van der Waals surface area (Å²) in [7, 11) is 0. The predicted molar refractivity (Wildman–Crippen MR) is 79.4 cm³/mol. The van der Waals surface area contributed by atoms with Crippen molar-refractivity contribution in [3.8, 4) is 0 Å². The van der Waals surface area contributed by atoms with E-state index in [9.17, 15) is 14.7 Å². The highest BCUT2D eigenvalue weighted by Crippen LogP contribution is 2.38. The summed E-state index contributed by atoms with van der Waals surface area (Å²) in [5, 5.41) is 9.29. The number of thioether (sulfide) groups is 1. The van der Waals surface area contributed by atoms with Crippen LogP contribution in [-0.4, -0.2) is 44.6 Å². The van der Waals surface area contributed by atoms with Gasteiger partial charge in [-0.25, -0.2) is 4.79 Å². The Morgan fingerprint density at radius 3 is 2.40 bits per heavy atom. The Bertz CT molecular complexity index is 394. The van der Waals surface area contributed by atoms with Gasteiger partial charge in [0.2, 0.25) is 5.91 Å². The molecule has 114 valence electrons. The van der Waals surface area contributed by atoms with E-state index in [1.165, 1.54) is 0 Å². The zero-order valence-corrected chi connectivity index (χ0v) is 13.0. The number of rotatable bonds is 3. The molecular formula is C14H24N2O3S. The minimum atomic E-state index is -0.923. The average molecular weight is 300 g/mol. The van der Waals surface area contributed by atoms with Gasteiger partial charge in [0, 0.05) is 5.75 Å². The minimum absolute atomic E-state index is 0.0778. The first-order chi connectivity index (χ1) is 9.37. The molecular weight excluding hydrogens is 276 g/mol. The van der Waals surface area contributed by atoms with E-state index in [1.807, 2.05) is 13.8 Å². The number of nitrogens with zero attached hydrogens (tertiary/aromatic N) is 1. The van der Waals surface area contributed by atoms with Gasteiger partial charge in [-0.3, -0.25) is 4.79 Å². The highest BCUT2D eigenvalue weighted by molar-refractivity contribution is 8.00. The predicted octanol–water partition coefficient (Wildman–Crippen LogP) is 1.66. The molecule has 3 N–H and O–H groups in total. The maximum absolute atomic E-state index is 12.9. The molecule has 2 atom stereocenters. The van der Waals surface area contributed by atoms with Gasteiger partial charge >= 0.3 is 5.97 Å². The van der Waals surface area contributed by atoms with Gasteiger partial charge in [-0.2, -0.15) is 0 Å². The van der Waals surface area contributed by atoms with Crippen LogP contribution >= 0.6 is 11.8 Å². The molecule has 2 rings (SSSR count). The summed E-state index contributed by atoms with van der Waals surface area (Å²) >= 11 is 1.55. The molecule has 1 saturated heterocycles. The van der Waals surface area contributed by atoms with Crippen molar-refractivity contribution in [1.29, 1.82) is 0 Å². The van der Waals surface area contributed by atoms with Gasteiger partial charge in [0.15, 0.2) is 0 Å². The van der Waals surface area contributed by atoms with E-state index in [2.05, 4.69) is 0 Å². The number of amides is 1. The largest absolute Gasteiger partial charge is 0.480 e. The number of carboxylic acids is 1. The fourth-order valence-electron chi connectivity index (χ4n) is 3.14. The number of carbonyl (C=O) groups is 2. The Labute approximate surface area is 124 Å². The quantitative estimate of drug-likeness (QED) is 0.828. The number of nitrogens with two attached hydrogens (primary N) is 1. The van der Waals surface area contributed by atoms with Crippen LogP contribution in [0.5, 0.6) is 0 Å². The SMILES string of the molecule is CC(C)C1SCC(C(=O)O)N1C(=O)C1(N)CCCCC1. The number of hydrogen-bond donors (Lipinski definition) is 2. The Hall–Kier alpha value is -0.750. The van der Waals surface area contributed by atoms with E-state index in [1.54, 1.807) is 16.7 Å². The van der Waals surface area contributed by atoms with Crippen molar-refractivity contribution in [3.05, 3.63) is 0 Å². The smallest absolute Gasteiger partial charge is 0.327 e. The summed E-state index contributed by atoms with van der Waals surface area (Å²) in [5.74, 6) is -0.401. The maximum atomic E-state index is 12.9. The first kappa shape index (κ1) is 15.6. The zero-order chi connectivity index (χ0) is 14.9. The van der Waals surface area contributed by atoms with Crippen molar-refractivity contribution in [2.24, 2.45) is 11.7 Å². The Morgan fingerprint density at radius 1 is 1.30 bits per heavy atom. The Morgan fingerprint density at radius 2 is 1.90 bits per heavy atom. The highest BCUT2D eigenvalue weighted by Gasteiger charge is 2.49. The van der Waals surface area contributed by atoms with Crippen LogP contribution in [0.15, 0.2) is 0 Å². The molecule has 0 aromatic heterocycles. The van der Waals surface area contributed by atoms with Gasteiger partial charge < -0.3 is 15.7 Å². The fraction of sp³-hybridized carbons (Fsp3) is 0.857. The molecule has 20 heavy (non-hydrogen) atoms. The topological polar surface area (TPSA) is 83.6 Å². The van der Waals surface area contributed by atoms with Crippen molar-refractivity contribution in [1.82, 2.24) is 4.90 Å². The molecule has 1 aliphatic carbocycles. The van der Waals surface area contributed by atoms with Gasteiger partial charge in [0.05, 0.1) is 10.9 Å². The second-order valence-corrected chi connectivity index (χ2v) is 7.40. The normalized spacial score (nSPS) is 29.7. The lowest BCUT2D eigenvalue weighted by Gasteiger charge is -2.39. The first-order valence-electron chi connectivity index (χ1n) is 7.33. The van der Waals surface area contributed by atoms with E-state index in [4.69, 9.17) is 5.73 Å². The average Bonchev–Trinajstić information content (AvgIpc) is 2.83. The van der Waals surface area contributed by atoms with Crippen LogP contribution in [0.25, 0.3) is 0 Å². The molecule has 2 aliphatic rings. The van der Waals surface area contributed by atoms with E-state index in [0.717, 1.165) is 19.3 Å². The molecule has 1 heterocycles. The summed E-state index contributed by atoms with van der Waals surface area (Å²) in [6.07, 6.45) is 4.35. The number of carbonyl (C=O) groups excluding carboxylic acids is 1. The maximum Gasteiger partial charge on any atom is 0.327 e. The van der Waals surface area contributed by atoms with Crippen molar-refractivity contribution >= 4 is 23.6 Å². The molecule has 6 heteroatoms. The lowest BCUT2D eigenvalue weighted by Crippen LogP contribution is -2.60. The van der Waals surface area contributed by atoms with Gasteiger partial charge in [0.1, 0.15) is 6.04 Å². The van der Waals surface area contributed by atoms with Crippen molar-refractivity contribution in [3.63, 3.8) is 0 Å². The highest BCUT2D eigenvalue weighted by atomic mass is 32.2. The molecule has 0 radical (unpaired) electrons. The van der Waals surface area contributed by atoms with Gasteiger partial charge in [0.25, 0.3) is 0 Å². The lowest BCUT2D eigenvalue weighted by molar-refractivity contribution is -0.152. The van der Waals surface area contributed by atoms with Crippen molar-refractivity contribution < 1.29 is 14.7 Å². The van der Waals surface area contributed by atoms with Gasteiger partial charge in [-0.05, 0) is 18.8 Å². The number of hydrogen-bond acceptors (Lipinski definition) is 4. The van der Waals surface area contributed by atoms with Crippen LogP contribution in [0.2, 0.25) is 0 Å². The standard InChI is InChI=1S/C14H24N2O3S/c1-9(2)11-16(10(8-20-11)12(17)18)13(19)14(15)6-4-3-5-7-14/h9-11H,3-8,15H2,1-2H3,(H,17,18). The molecule has 0 bridgehead atoms. The fourth-order valence-corrected chi connectivity index (χ4v) is 4.61. The van der Waals surface area contributed by atoms with Crippen molar-refractivity contribution in [2.45, 2.75) is 62.9 Å². The van der Waals surface area contributed by atoms with Crippen LogP contribution in [0.4, 0.5) is 0 Å². The van der Waals surface area contributed by atoms with Crippen LogP contribution in [0, 0.1) is 5.92 Å². The second-order valence-electron chi connectivity index (χ2n) is 6.25. The summed E-state index contributed by atoms with van der Waals surface area (Å²) in [6, 6.07) is -0.734. The molecule has 2 fully saturated rings. The molecule has 1 saturated carbocycles. The monoisotopic (exact) mass is 300 g/mol. The summed E-state index contributed by atoms with van der Waals surface area (Å²) in [5.41, 5.74) is 5.46. The third kappa shape index (κ3) is 2.81. The number of carboxylic acid groups (broad SMARTS) is 1. The molecule has 0 aromatic rings. The first-order valence-corrected chi connectivity index (χ1v) is 8.38. The molecule has 1 amide bonds. The van der Waals surface area contributed by atoms with Crippen LogP contribution in [0.1, 0.15) is 46.0 Å².